The van der Waals surface area contributed by atoms with Crippen molar-refractivity contribution in [2.24, 2.45) is 0 Å². The number of para-hydroxylation sites is 1. The first kappa shape index (κ1) is 19.9. The van der Waals surface area contributed by atoms with Crippen LogP contribution in [0.5, 0.6) is 0 Å². The van der Waals surface area contributed by atoms with E-state index in [0.717, 1.165) is 65.6 Å². The minimum Gasteiger partial charge on any atom is -0.379 e. The van der Waals surface area contributed by atoms with Crippen molar-refractivity contribution >= 4 is 44.1 Å². The van der Waals surface area contributed by atoms with E-state index in [-0.39, 0.29) is 0 Å². The minimum absolute atomic E-state index is 0.790. The van der Waals surface area contributed by atoms with Crippen molar-refractivity contribution in [2.45, 2.75) is 6.54 Å². The van der Waals surface area contributed by atoms with Gasteiger partial charge in [-0.2, -0.15) is 0 Å². The number of pyridine rings is 2. The highest BCUT2D eigenvalue weighted by atomic mass is 32.1. The molecule has 0 spiro atoms. The second-order valence-electron chi connectivity index (χ2n) is 7.47. The Bertz CT molecular complexity index is 1160. The van der Waals surface area contributed by atoms with Crippen LogP contribution in [-0.2, 0) is 11.3 Å². The molecule has 1 aromatic carbocycles. The van der Waals surface area contributed by atoms with Gasteiger partial charge in [-0.1, -0.05) is 29.5 Å². The maximum Gasteiger partial charge on any atom is 0.190 e. The summed E-state index contributed by atoms with van der Waals surface area (Å²) in [4.78, 5) is 19.3. The number of fused-ring (bicyclic) bond motifs is 1. The Labute approximate surface area is 185 Å². The Morgan fingerprint density at radius 2 is 1.90 bits per heavy atom. The molecule has 5 rings (SSSR count). The number of benzene rings is 1. The van der Waals surface area contributed by atoms with E-state index in [1.54, 1.807) is 0 Å². The van der Waals surface area contributed by atoms with Crippen molar-refractivity contribution in [3.05, 3.63) is 66.4 Å². The van der Waals surface area contributed by atoms with Crippen LogP contribution in [0.15, 0.2) is 60.8 Å². The van der Waals surface area contributed by atoms with Gasteiger partial charge in [-0.25, -0.2) is 15.0 Å². The molecule has 1 N–H and O–H groups in total. The lowest BCUT2D eigenvalue weighted by molar-refractivity contribution is 0.0342. The smallest absolute Gasteiger partial charge is 0.190 e. The lowest BCUT2D eigenvalue weighted by Crippen LogP contribution is -2.35. The summed E-state index contributed by atoms with van der Waals surface area (Å²) in [6.07, 6.45) is 1.84. The minimum atomic E-state index is 0.790. The third-order valence-corrected chi connectivity index (χ3v) is 6.18. The van der Waals surface area contributed by atoms with Gasteiger partial charge < -0.3 is 15.0 Å². The molecule has 158 valence electrons. The van der Waals surface area contributed by atoms with Gasteiger partial charge in [0.15, 0.2) is 5.13 Å². The zero-order chi connectivity index (χ0) is 21.0. The van der Waals surface area contributed by atoms with Crippen molar-refractivity contribution in [1.29, 1.82) is 0 Å². The molecule has 0 bridgehead atoms. The molecule has 31 heavy (non-hydrogen) atoms. The van der Waals surface area contributed by atoms with Crippen molar-refractivity contribution in [2.75, 3.05) is 43.6 Å². The van der Waals surface area contributed by atoms with Gasteiger partial charge >= 0.3 is 0 Å². The highest BCUT2D eigenvalue weighted by Gasteiger charge is 2.13. The Hall–Kier alpha value is -3.07. The zero-order valence-corrected chi connectivity index (χ0v) is 18.2. The van der Waals surface area contributed by atoms with Gasteiger partial charge in [0, 0.05) is 38.6 Å². The van der Waals surface area contributed by atoms with E-state index in [9.17, 15) is 0 Å². The number of nitrogens with one attached hydrogen (secondary N) is 1. The number of thiazole rings is 1. The van der Waals surface area contributed by atoms with Crippen molar-refractivity contribution in [1.82, 2.24) is 19.9 Å². The number of rotatable bonds is 6. The first-order valence-corrected chi connectivity index (χ1v) is 11.1. The lowest BCUT2D eigenvalue weighted by atomic mass is 10.2. The Morgan fingerprint density at radius 3 is 2.74 bits per heavy atom. The summed E-state index contributed by atoms with van der Waals surface area (Å²) >= 11 is 1.53. The molecule has 1 saturated heterocycles. The van der Waals surface area contributed by atoms with Gasteiger partial charge in [0.2, 0.25) is 0 Å². The van der Waals surface area contributed by atoms with E-state index in [4.69, 9.17) is 9.72 Å². The monoisotopic (exact) mass is 432 g/mol. The molecule has 4 aromatic rings. The SMILES string of the molecule is CN(c1ccccc1)c1ccc2nc(Nc3cc(CN4CCOCC4)ccn3)sc2n1. The van der Waals surface area contributed by atoms with Gasteiger partial charge in [0.25, 0.3) is 0 Å². The van der Waals surface area contributed by atoms with E-state index in [2.05, 4.69) is 49.4 Å². The predicted octanol–water partition coefficient (Wildman–Crippen LogP) is 4.43. The van der Waals surface area contributed by atoms with Crippen LogP contribution in [0.25, 0.3) is 10.3 Å². The average molecular weight is 433 g/mol. The van der Waals surface area contributed by atoms with Crippen molar-refractivity contribution in [3.8, 4) is 0 Å². The Morgan fingerprint density at radius 1 is 1.06 bits per heavy atom. The van der Waals surface area contributed by atoms with Crippen LogP contribution in [0.3, 0.4) is 0 Å². The molecule has 0 amide bonds. The summed E-state index contributed by atoms with van der Waals surface area (Å²) in [5, 5.41) is 4.14. The number of nitrogens with zero attached hydrogens (tertiary/aromatic N) is 5. The molecule has 8 heteroatoms. The molecule has 0 saturated carbocycles. The largest absolute Gasteiger partial charge is 0.379 e. The summed E-state index contributed by atoms with van der Waals surface area (Å²) < 4.78 is 5.43. The number of hydrogen-bond acceptors (Lipinski definition) is 8. The first-order chi connectivity index (χ1) is 15.2. The van der Waals surface area contributed by atoms with Crippen molar-refractivity contribution in [3.63, 3.8) is 0 Å². The highest BCUT2D eigenvalue weighted by Crippen LogP contribution is 2.30. The van der Waals surface area contributed by atoms with Gasteiger partial charge in [-0.3, -0.25) is 4.90 Å². The van der Waals surface area contributed by atoms with Crippen LogP contribution in [0.1, 0.15) is 5.56 Å². The number of hydrogen-bond donors (Lipinski definition) is 1. The second kappa shape index (κ2) is 8.97. The van der Waals surface area contributed by atoms with Crippen LogP contribution >= 0.6 is 11.3 Å². The third-order valence-electron chi connectivity index (χ3n) is 5.30. The van der Waals surface area contributed by atoms with E-state index < -0.39 is 0 Å². The zero-order valence-electron chi connectivity index (χ0n) is 17.4. The topological polar surface area (TPSA) is 66.4 Å². The van der Waals surface area contributed by atoms with Crippen LogP contribution in [0.4, 0.5) is 22.5 Å². The fourth-order valence-corrected chi connectivity index (χ4v) is 4.44. The Kier molecular flexibility index (Phi) is 5.75. The molecule has 0 radical (unpaired) electrons. The fourth-order valence-electron chi connectivity index (χ4n) is 3.60. The average Bonchev–Trinajstić information content (AvgIpc) is 3.21. The number of anilines is 4. The van der Waals surface area contributed by atoms with Gasteiger partial charge in [0.1, 0.15) is 22.0 Å². The molecule has 1 aliphatic heterocycles. The van der Waals surface area contributed by atoms with E-state index >= 15 is 0 Å². The maximum atomic E-state index is 5.43. The van der Waals surface area contributed by atoms with Crippen LogP contribution in [0.2, 0.25) is 0 Å². The maximum absolute atomic E-state index is 5.43. The summed E-state index contributed by atoms with van der Waals surface area (Å²) in [6.45, 7) is 4.44. The lowest BCUT2D eigenvalue weighted by Gasteiger charge is -2.26. The molecule has 1 fully saturated rings. The van der Waals surface area contributed by atoms with Gasteiger partial charge in [-0.15, -0.1) is 0 Å². The molecule has 0 unspecified atom stereocenters. The summed E-state index contributed by atoms with van der Waals surface area (Å²) in [5.74, 6) is 1.69. The summed E-state index contributed by atoms with van der Waals surface area (Å²) in [5.41, 5.74) is 3.20. The molecule has 3 aromatic heterocycles. The molecule has 7 nitrogen and oxygen atoms in total. The normalized spacial score (nSPS) is 14.6. The van der Waals surface area contributed by atoms with Gasteiger partial charge in [0.05, 0.1) is 13.2 Å². The van der Waals surface area contributed by atoms with Crippen LogP contribution in [-0.4, -0.2) is 53.2 Å². The highest BCUT2D eigenvalue weighted by molar-refractivity contribution is 7.21. The van der Waals surface area contributed by atoms with E-state index in [1.807, 2.05) is 43.6 Å². The number of morpholine rings is 1. The molecular weight excluding hydrogens is 408 g/mol. The predicted molar refractivity (Wildman–Crippen MR) is 126 cm³/mol. The molecule has 0 atom stereocenters. The van der Waals surface area contributed by atoms with Crippen molar-refractivity contribution < 1.29 is 4.74 Å². The second-order valence-corrected chi connectivity index (χ2v) is 8.45. The van der Waals surface area contributed by atoms with E-state index in [0.29, 0.717) is 0 Å². The number of aromatic nitrogens is 3. The number of ether oxygens (including phenoxy) is 1. The standard InChI is InChI=1S/C23H24N6OS/c1-28(18-5-3-2-4-6-18)21-8-7-19-22(27-21)31-23(25-19)26-20-15-17(9-10-24-20)16-29-11-13-30-14-12-29/h2-10,15H,11-14,16H2,1H3,(H,24,25,26). The van der Waals surface area contributed by atoms with Gasteiger partial charge in [-0.05, 0) is 42.0 Å². The molecule has 0 aliphatic carbocycles. The van der Waals surface area contributed by atoms with Crippen LogP contribution < -0.4 is 10.2 Å². The Balaban J connectivity index is 1.32. The first-order valence-electron chi connectivity index (χ1n) is 10.3. The third kappa shape index (κ3) is 4.66. The molecule has 1 aliphatic rings. The molecular formula is C23H24N6OS. The molecule has 4 heterocycles. The fraction of sp³-hybridized carbons (Fsp3) is 0.261. The summed E-state index contributed by atoms with van der Waals surface area (Å²) in [6, 6.07) is 18.4. The summed E-state index contributed by atoms with van der Waals surface area (Å²) in [7, 11) is 2.02. The van der Waals surface area contributed by atoms with Crippen LogP contribution in [0, 0.1) is 0 Å². The van der Waals surface area contributed by atoms with E-state index in [1.165, 1.54) is 16.9 Å². The quantitative estimate of drug-likeness (QED) is 0.483.